The van der Waals surface area contributed by atoms with Crippen molar-refractivity contribution in [2.45, 2.75) is 219 Å². The van der Waals surface area contributed by atoms with Gasteiger partial charge in [-0.15, -0.1) is 0 Å². The molecule has 1 unspecified atom stereocenters. The number of allylic oxidation sites excluding steroid dienone is 4. The zero-order valence-corrected chi connectivity index (χ0v) is 46.6. The predicted octanol–water partition coefficient (Wildman–Crippen LogP) is 14.2. The van der Waals surface area contributed by atoms with Crippen molar-refractivity contribution in [1.82, 2.24) is 11.5 Å². The minimum Gasteiger partial charge on any atom is -0.756 e. The van der Waals surface area contributed by atoms with Crippen molar-refractivity contribution in [3.05, 3.63) is 89.5 Å². The van der Waals surface area contributed by atoms with Crippen molar-refractivity contribution in [2.24, 2.45) is 0 Å². The summed E-state index contributed by atoms with van der Waals surface area (Å²) in [6, 6.07) is 15.0. The number of hydrogen-bond donors (Lipinski definition) is 2. The molecule has 0 saturated heterocycles. The highest BCUT2D eigenvalue weighted by Gasteiger charge is 2.23. The van der Waals surface area contributed by atoms with Gasteiger partial charge in [0.2, 0.25) is 11.8 Å². The van der Waals surface area contributed by atoms with Crippen LogP contribution in [0.25, 0.3) is 0 Å². The van der Waals surface area contributed by atoms with E-state index in [2.05, 4.69) is 55.3 Å². The molecule has 2 aromatic carbocycles. The van der Waals surface area contributed by atoms with Gasteiger partial charge in [-0.2, -0.15) is 0 Å². The second kappa shape index (κ2) is 42.6. The standard InChI is InChI=1S/C60H91N2O10P.H3N/c1-3-5-7-9-11-13-15-17-19-21-23-25-27-29-31-41-59(65)69-50-55(72-60(66)42-32-30-28-26-24-22-20-18-16-14-12-10-8-6-4-2)51-71-73(67,68)70-48-47-61-57(63)45-46-58(64)62-49-54-39-34-33-37-52(54)43-44-53-38-35-36-40-56(53)62;/h17-20,33-40,55H,3-16,21-32,41-42,45-51H2,1-2H3,(H,61,63)(H,67,68);1H3/b19-17-,20-18-;/t55-;/m1./s1. The molecule has 0 fully saturated rings. The van der Waals surface area contributed by atoms with E-state index in [1.165, 1.54) is 77.0 Å². The third kappa shape index (κ3) is 32.0. The highest BCUT2D eigenvalue weighted by molar-refractivity contribution is 7.45. The van der Waals surface area contributed by atoms with E-state index >= 15 is 0 Å². The number of benzene rings is 2. The van der Waals surface area contributed by atoms with Crippen LogP contribution < -0.4 is 21.3 Å². The van der Waals surface area contributed by atoms with Gasteiger partial charge in [0.15, 0.2) is 6.10 Å². The van der Waals surface area contributed by atoms with Gasteiger partial charge in [0.05, 0.1) is 25.4 Å². The fraction of sp³-hybridized carbons (Fsp3) is 0.633. The average Bonchev–Trinajstić information content (AvgIpc) is 3.38. The zero-order chi connectivity index (χ0) is 52.5. The topological polar surface area (TPSA) is 197 Å². The van der Waals surface area contributed by atoms with E-state index in [9.17, 15) is 28.6 Å². The first-order valence-electron chi connectivity index (χ1n) is 28.1. The normalized spacial score (nSPS) is 13.1. The van der Waals surface area contributed by atoms with Crippen molar-refractivity contribution in [1.29, 1.82) is 0 Å². The van der Waals surface area contributed by atoms with Gasteiger partial charge in [0, 0.05) is 43.4 Å². The number of phosphoric ester groups is 1. The van der Waals surface area contributed by atoms with E-state index < -0.39 is 45.0 Å². The number of carbonyl (C=O) groups is 4. The van der Waals surface area contributed by atoms with Crippen LogP contribution in [0.15, 0.2) is 72.8 Å². The fourth-order valence-corrected chi connectivity index (χ4v) is 9.25. The Morgan fingerprint density at radius 2 is 1.09 bits per heavy atom. The molecule has 0 aliphatic carbocycles. The van der Waals surface area contributed by atoms with Crippen LogP contribution in [-0.2, 0) is 48.8 Å². The van der Waals surface area contributed by atoms with E-state index in [-0.39, 0.29) is 50.9 Å². The average molecular weight is 1050 g/mol. The monoisotopic (exact) mass is 1050 g/mol. The molecule has 2 amide bonds. The smallest absolute Gasteiger partial charge is 0.306 e. The number of nitrogens with zero attached hydrogens (tertiary/aromatic N) is 1. The Morgan fingerprint density at radius 3 is 1.68 bits per heavy atom. The van der Waals surface area contributed by atoms with Gasteiger partial charge in [-0.25, -0.2) is 0 Å². The number of rotatable bonds is 43. The molecule has 1 heterocycles. The Balaban J connectivity index is 0.0000187. The SMILES string of the molecule is CCCCCCCC/C=C\CCCCCCCC(=O)OC[C@H](COP(=O)([O-])OCCNC(=O)CCC(=O)N1Cc2ccccc2C#Cc2ccccc21)OC(=O)CCCCCCC/C=C\CCCCCCCC.[NH4+]. The molecule has 1 aliphatic rings. The van der Waals surface area contributed by atoms with Crippen LogP contribution in [0.4, 0.5) is 5.69 Å². The van der Waals surface area contributed by atoms with Gasteiger partial charge < -0.3 is 39.8 Å². The lowest BCUT2D eigenvalue weighted by atomic mass is 10.0. The highest BCUT2D eigenvalue weighted by Crippen LogP contribution is 2.38. The number of fused-ring (bicyclic) bond motifs is 2. The molecular weight excluding hydrogens is 954 g/mol. The number of phosphoric acid groups is 1. The van der Waals surface area contributed by atoms with E-state index in [0.29, 0.717) is 30.6 Å². The zero-order valence-electron chi connectivity index (χ0n) is 45.7. The van der Waals surface area contributed by atoms with Gasteiger partial charge in [0.1, 0.15) is 6.61 Å². The number of nitrogens with one attached hydrogen (secondary N) is 1. The van der Waals surface area contributed by atoms with E-state index in [0.717, 1.165) is 88.2 Å². The molecule has 2 aromatic rings. The molecule has 0 radical (unpaired) electrons. The number of ether oxygens (including phenoxy) is 2. The summed E-state index contributed by atoms with van der Waals surface area (Å²) in [4.78, 5) is 66.3. The molecule has 5 N–H and O–H groups in total. The second-order valence-corrected chi connectivity index (χ2v) is 20.7. The lowest BCUT2D eigenvalue weighted by Crippen LogP contribution is -2.34. The van der Waals surface area contributed by atoms with Crippen LogP contribution in [0.1, 0.15) is 223 Å². The van der Waals surface area contributed by atoms with Crippen LogP contribution in [0.5, 0.6) is 0 Å². The van der Waals surface area contributed by atoms with Gasteiger partial charge >= 0.3 is 11.9 Å². The molecular formula is C60H94N3O10P. The van der Waals surface area contributed by atoms with Crippen LogP contribution >= 0.6 is 7.82 Å². The maximum absolute atomic E-state index is 13.5. The van der Waals surface area contributed by atoms with Gasteiger partial charge in [-0.1, -0.05) is 183 Å². The third-order valence-electron chi connectivity index (χ3n) is 12.8. The molecule has 14 heteroatoms. The lowest BCUT2D eigenvalue weighted by molar-refractivity contribution is -0.228. The summed E-state index contributed by atoms with van der Waals surface area (Å²) in [7, 11) is -4.93. The van der Waals surface area contributed by atoms with Crippen LogP contribution in [-0.4, -0.2) is 56.2 Å². The van der Waals surface area contributed by atoms with Crippen molar-refractivity contribution >= 4 is 37.3 Å². The first-order chi connectivity index (χ1) is 35.6. The van der Waals surface area contributed by atoms with E-state index in [1.807, 2.05) is 48.5 Å². The third-order valence-corrected chi connectivity index (χ3v) is 13.8. The van der Waals surface area contributed by atoms with Crippen LogP contribution in [0.3, 0.4) is 0 Å². The molecule has 414 valence electrons. The predicted molar refractivity (Wildman–Crippen MR) is 298 cm³/mol. The van der Waals surface area contributed by atoms with Gasteiger partial charge in [-0.05, 0) is 88.0 Å². The molecule has 0 saturated carbocycles. The second-order valence-electron chi connectivity index (χ2n) is 19.3. The summed E-state index contributed by atoms with van der Waals surface area (Å²) in [5, 5.41) is 2.59. The lowest BCUT2D eigenvalue weighted by Gasteiger charge is -2.26. The number of amides is 2. The van der Waals surface area contributed by atoms with Crippen molar-refractivity contribution < 1.29 is 47.2 Å². The summed E-state index contributed by atoms with van der Waals surface area (Å²) in [6.45, 7) is 3.21. The number of quaternary nitrogens is 1. The molecule has 74 heavy (non-hydrogen) atoms. The molecule has 13 nitrogen and oxygen atoms in total. The number of anilines is 1. The number of carbonyl (C=O) groups excluding carboxylic acids is 4. The quantitative estimate of drug-likeness (QED) is 0.0212. The molecule has 1 aliphatic heterocycles. The number of hydrogen-bond acceptors (Lipinski definition) is 10. The number of para-hydroxylation sites is 1. The molecule has 0 aromatic heterocycles. The largest absolute Gasteiger partial charge is 0.756 e. The molecule has 2 atom stereocenters. The van der Waals surface area contributed by atoms with Gasteiger partial charge in [0.25, 0.3) is 7.82 Å². The minimum atomic E-state index is -4.93. The van der Waals surface area contributed by atoms with Gasteiger partial charge in [-0.3, -0.25) is 23.7 Å². The summed E-state index contributed by atoms with van der Waals surface area (Å²) in [5.74, 6) is 4.64. The van der Waals surface area contributed by atoms with Crippen molar-refractivity contribution in [2.75, 3.05) is 31.3 Å². The Hall–Kier alpha value is -4.57. The summed E-state index contributed by atoms with van der Waals surface area (Å²) in [6.07, 6.45) is 37.7. The summed E-state index contributed by atoms with van der Waals surface area (Å²) < 4.78 is 33.9. The van der Waals surface area contributed by atoms with E-state index in [1.54, 1.807) is 4.90 Å². The van der Waals surface area contributed by atoms with Crippen LogP contribution in [0.2, 0.25) is 0 Å². The molecule has 0 spiro atoms. The molecule has 3 rings (SSSR count). The maximum Gasteiger partial charge on any atom is 0.306 e. The Bertz CT molecular complexity index is 2030. The Morgan fingerprint density at radius 1 is 0.608 bits per heavy atom. The Labute approximate surface area is 446 Å². The van der Waals surface area contributed by atoms with E-state index in [4.69, 9.17) is 18.5 Å². The highest BCUT2D eigenvalue weighted by atomic mass is 31.2. The fourth-order valence-electron chi connectivity index (χ4n) is 8.51. The summed E-state index contributed by atoms with van der Waals surface area (Å²) in [5.41, 5.74) is 3.10. The first kappa shape index (κ1) is 65.5. The molecule has 0 bridgehead atoms. The summed E-state index contributed by atoms with van der Waals surface area (Å²) >= 11 is 0. The Kier molecular flexibility index (Phi) is 37.8. The van der Waals surface area contributed by atoms with Crippen molar-refractivity contribution in [3.8, 4) is 11.8 Å². The minimum absolute atomic E-state index is 0. The number of unbranched alkanes of at least 4 members (excludes halogenated alkanes) is 22. The van der Waals surface area contributed by atoms with Crippen molar-refractivity contribution in [3.63, 3.8) is 0 Å². The first-order valence-corrected chi connectivity index (χ1v) is 29.6. The number of esters is 2. The van der Waals surface area contributed by atoms with Crippen LogP contribution in [0, 0.1) is 11.8 Å². The maximum atomic E-state index is 13.5.